The third-order valence-electron chi connectivity index (χ3n) is 5.82. The van der Waals surface area contributed by atoms with Gasteiger partial charge in [-0.15, -0.1) is 0 Å². The monoisotopic (exact) mass is 436 g/mol. The highest BCUT2D eigenvalue weighted by Crippen LogP contribution is 2.18. The van der Waals surface area contributed by atoms with Gasteiger partial charge in [0.2, 0.25) is 11.8 Å². The van der Waals surface area contributed by atoms with E-state index in [1.54, 1.807) is 4.90 Å². The number of nitrogens with one attached hydrogen (secondary N) is 1. The number of hydrogen-bond donors (Lipinski definition) is 1. The lowest BCUT2D eigenvalue weighted by Crippen LogP contribution is -2.49. The molecule has 0 spiro atoms. The molecule has 2 aromatic carbocycles. The maximum absolute atomic E-state index is 13.4. The van der Waals surface area contributed by atoms with Crippen LogP contribution in [0.1, 0.15) is 75.6 Å². The molecule has 1 atom stereocenters. The maximum Gasteiger partial charge on any atom is 0.242 e. The summed E-state index contributed by atoms with van der Waals surface area (Å²) >= 11 is 0. The summed E-state index contributed by atoms with van der Waals surface area (Å²) in [4.78, 5) is 28.1. The van der Waals surface area contributed by atoms with Crippen LogP contribution in [-0.2, 0) is 22.6 Å². The van der Waals surface area contributed by atoms with Crippen molar-refractivity contribution in [3.8, 4) is 0 Å². The standard InChI is InChI=1S/C28H40N2O2/c1-7-26(28(32)29-18-20(2)3)30(19-24-10-8-22(6)9-11-24)27(31)17-14-23-12-15-25(16-13-23)21(4)5/h8-13,15-16,20-21,26H,7,14,17-19H2,1-6H3,(H,29,32)/t26-/m1/s1. The number of nitrogens with zero attached hydrogens (tertiary/aromatic N) is 1. The van der Waals surface area contributed by atoms with Gasteiger partial charge in [0.05, 0.1) is 0 Å². The number of hydrogen-bond acceptors (Lipinski definition) is 2. The number of carbonyl (C=O) groups excluding carboxylic acids is 2. The molecule has 0 saturated carbocycles. The zero-order valence-electron chi connectivity index (χ0n) is 20.7. The van der Waals surface area contributed by atoms with E-state index in [4.69, 9.17) is 0 Å². The van der Waals surface area contributed by atoms with Crippen molar-refractivity contribution in [2.24, 2.45) is 5.92 Å². The Balaban J connectivity index is 2.16. The first kappa shape index (κ1) is 25.6. The molecule has 0 aliphatic carbocycles. The van der Waals surface area contributed by atoms with Gasteiger partial charge in [0, 0.05) is 19.5 Å². The molecule has 32 heavy (non-hydrogen) atoms. The third kappa shape index (κ3) is 7.81. The maximum atomic E-state index is 13.4. The minimum Gasteiger partial charge on any atom is -0.354 e. The molecule has 0 unspecified atom stereocenters. The molecule has 2 aromatic rings. The molecule has 2 amide bonds. The molecule has 174 valence electrons. The first-order valence-corrected chi connectivity index (χ1v) is 11.9. The van der Waals surface area contributed by atoms with Crippen LogP contribution in [0.25, 0.3) is 0 Å². The summed E-state index contributed by atoms with van der Waals surface area (Å²) in [5.74, 6) is 0.810. The minimum atomic E-state index is -0.467. The average molecular weight is 437 g/mol. The van der Waals surface area contributed by atoms with E-state index in [1.807, 2.05) is 38.1 Å². The number of amides is 2. The first-order chi connectivity index (χ1) is 15.2. The summed E-state index contributed by atoms with van der Waals surface area (Å²) in [5.41, 5.74) is 4.67. The fourth-order valence-corrected chi connectivity index (χ4v) is 3.70. The molecule has 1 N–H and O–H groups in total. The predicted molar refractivity (Wildman–Crippen MR) is 133 cm³/mol. The van der Waals surface area contributed by atoms with Crippen molar-refractivity contribution in [1.29, 1.82) is 0 Å². The summed E-state index contributed by atoms with van der Waals surface area (Å²) in [6, 6.07) is 16.2. The van der Waals surface area contributed by atoms with Crippen molar-refractivity contribution in [2.75, 3.05) is 6.54 Å². The Morgan fingerprint density at radius 3 is 2.03 bits per heavy atom. The van der Waals surface area contributed by atoms with Gasteiger partial charge in [-0.05, 0) is 48.3 Å². The molecular weight excluding hydrogens is 396 g/mol. The van der Waals surface area contributed by atoms with Gasteiger partial charge in [0.25, 0.3) is 0 Å². The number of benzene rings is 2. The molecule has 0 aliphatic rings. The van der Waals surface area contributed by atoms with Crippen LogP contribution in [-0.4, -0.2) is 29.3 Å². The fraction of sp³-hybridized carbons (Fsp3) is 0.500. The second-order valence-electron chi connectivity index (χ2n) is 9.47. The number of rotatable bonds is 11. The summed E-state index contributed by atoms with van der Waals surface area (Å²) in [5, 5.41) is 3.02. The van der Waals surface area contributed by atoms with E-state index in [0.717, 1.165) is 11.1 Å². The summed E-state index contributed by atoms with van der Waals surface area (Å²) in [7, 11) is 0. The Morgan fingerprint density at radius 2 is 1.50 bits per heavy atom. The van der Waals surface area contributed by atoms with Crippen LogP contribution in [0, 0.1) is 12.8 Å². The zero-order chi connectivity index (χ0) is 23.7. The van der Waals surface area contributed by atoms with E-state index < -0.39 is 6.04 Å². The van der Waals surface area contributed by atoms with Gasteiger partial charge < -0.3 is 10.2 Å². The van der Waals surface area contributed by atoms with Crippen molar-refractivity contribution in [3.63, 3.8) is 0 Å². The Morgan fingerprint density at radius 1 is 0.906 bits per heavy atom. The van der Waals surface area contributed by atoms with Crippen LogP contribution < -0.4 is 5.32 Å². The summed E-state index contributed by atoms with van der Waals surface area (Å²) in [6.45, 7) is 13.6. The first-order valence-electron chi connectivity index (χ1n) is 11.9. The number of aryl methyl sites for hydroxylation is 2. The smallest absolute Gasteiger partial charge is 0.242 e. The quantitative estimate of drug-likeness (QED) is 0.496. The van der Waals surface area contributed by atoms with E-state index in [9.17, 15) is 9.59 Å². The van der Waals surface area contributed by atoms with Crippen LogP contribution >= 0.6 is 0 Å². The average Bonchev–Trinajstić information content (AvgIpc) is 2.77. The molecule has 2 rings (SSSR count). The van der Waals surface area contributed by atoms with Crippen molar-refractivity contribution in [1.82, 2.24) is 10.2 Å². The van der Waals surface area contributed by atoms with E-state index in [1.165, 1.54) is 11.1 Å². The predicted octanol–water partition coefficient (Wildman–Crippen LogP) is 5.63. The van der Waals surface area contributed by atoms with Crippen LogP contribution in [0.4, 0.5) is 0 Å². The van der Waals surface area contributed by atoms with Crippen molar-refractivity contribution >= 4 is 11.8 Å². The molecule has 0 saturated heterocycles. The molecule has 0 radical (unpaired) electrons. The van der Waals surface area contributed by atoms with Crippen molar-refractivity contribution < 1.29 is 9.59 Å². The molecule has 0 fully saturated rings. The van der Waals surface area contributed by atoms with E-state index >= 15 is 0 Å². The van der Waals surface area contributed by atoms with Crippen LogP contribution in [0.15, 0.2) is 48.5 Å². The van der Waals surface area contributed by atoms with E-state index in [-0.39, 0.29) is 11.8 Å². The molecule has 0 aromatic heterocycles. The molecule has 4 nitrogen and oxygen atoms in total. The topological polar surface area (TPSA) is 49.4 Å². The molecule has 4 heteroatoms. The normalized spacial score (nSPS) is 12.1. The SMILES string of the molecule is CC[C@H](C(=O)NCC(C)C)N(Cc1ccc(C)cc1)C(=O)CCc1ccc(C(C)C)cc1. The van der Waals surface area contributed by atoms with E-state index in [2.05, 4.69) is 57.3 Å². The Hall–Kier alpha value is -2.62. The Kier molecular flexibility index (Phi) is 9.96. The van der Waals surface area contributed by atoms with Gasteiger partial charge in [-0.1, -0.05) is 88.7 Å². The van der Waals surface area contributed by atoms with Gasteiger partial charge in [-0.3, -0.25) is 9.59 Å². The molecule has 0 aliphatic heterocycles. The van der Waals surface area contributed by atoms with Gasteiger partial charge in [-0.25, -0.2) is 0 Å². The molecule has 0 bridgehead atoms. The second kappa shape index (κ2) is 12.4. The largest absolute Gasteiger partial charge is 0.354 e. The van der Waals surface area contributed by atoms with Crippen LogP contribution in [0.2, 0.25) is 0 Å². The lowest BCUT2D eigenvalue weighted by atomic mass is 10.00. The van der Waals surface area contributed by atoms with Gasteiger partial charge in [0.15, 0.2) is 0 Å². The third-order valence-corrected chi connectivity index (χ3v) is 5.82. The highest BCUT2D eigenvalue weighted by Gasteiger charge is 2.28. The lowest BCUT2D eigenvalue weighted by molar-refractivity contribution is -0.141. The van der Waals surface area contributed by atoms with Gasteiger partial charge >= 0.3 is 0 Å². The summed E-state index contributed by atoms with van der Waals surface area (Å²) in [6.07, 6.45) is 1.65. The zero-order valence-corrected chi connectivity index (χ0v) is 20.7. The Bertz CT molecular complexity index is 854. The minimum absolute atomic E-state index is 0.0186. The number of carbonyl (C=O) groups is 2. The summed E-state index contributed by atoms with van der Waals surface area (Å²) < 4.78 is 0. The van der Waals surface area contributed by atoms with Gasteiger partial charge in [-0.2, -0.15) is 0 Å². The van der Waals surface area contributed by atoms with Crippen LogP contribution in [0.5, 0.6) is 0 Å². The fourth-order valence-electron chi connectivity index (χ4n) is 3.70. The van der Waals surface area contributed by atoms with Crippen molar-refractivity contribution in [2.45, 2.75) is 79.3 Å². The molecule has 0 heterocycles. The van der Waals surface area contributed by atoms with Crippen LogP contribution in [0.3, 0.4) is 0 Å². The Labute approximate surface area is 194 Å². The van der Waals surface area contributed by atoms with Crippen molar-refractivity contribution in [3.05, 3.63) is 70.8 Å². The lowest BCUT2D eigenvalue weighted by Gasteiger charge is -2.31. The van der Waals surface area contributed by atoms with E-state index in [0.29, 0.717) is 44.2 Å². The molecular formula is C28H40N2O2. The van der Waals surface area contributed by atoms with Gasteiger partial charge in [0.1, 0.15) is 6.04 Å². The highest BCUT2D eigenvalue weighted by atomic mass is 16.2. The highest BCUT2D eigenvalue weighted by molar-refractivity contribution is 5.87. The second-order valence-corrected chi connectivity index (χ2v) is 9.47.